The van der Waals surface area contributed by atoms with Crippen LogP contribution in [-0.2, 0) is 6.54 Å². The monoisotopic (exact) mass is 229 g/mol. The van der Waals surface area contributed by atoms with Gasteiger partial charge in [-0.25, -0.2) is 0 Å². The first-order chi connectivity index (χ1) is 8.35. The van der Waals surface area contributed by atoms with Gasteiger partial charge in [0.25, 0.3) is 0 Å². The third kappa shape index (κ3) is 2.74. The standard InChI is InChI=1S/C14H19N3/c1-3-15-10-11-9-14(16-4-2)12-7-5-6-8-13(12)17-11/h5-9,15H,3-4,10H2,1-2H3,(H,16,17). The van der Waals surface area contributed by atoms with Crippen molar-refractivity contribution in [3.8, 4) is 0 Å². The summed E-state index contributed by atoms with van der Waals surface area (Å²) in [6.45, 7) is 6.92. The van der Waals surface area contributed by atoms with Crippen molar-refractivity contribution in [1.29, 1.82) is 0 Å². The highest BCUT2D eigenvalue weighted by atomic mass is 14.9. The molecule has 17 heavy (non-hydrogen) atoms. The number of nitrogens with one attached hydrogen (secondary N) is 2. The molecule has 2 rings (SSSR count). The fourth-order valence-electron chi connectivity index (χ4n) is 1.91. The van der Waals surface area contributed by atoms with Crippen LogP contribution in [0.3, 0.4) is 0 Å². The molecule has 0 fully saturated rings. The summed E-state index contributed by atoms with van der Waals surface area (Å²) in [5.41, 5.74) is 3.31. The number of hydrogen-bond donors (Lipinski definition) is 2. The van der Waals surface area contributed by atoms with Gasteiger partial charge in [0.15, 0.2) is 0 Å². The van der Waals surface area contributed by atoms with Crippen LogP contribution in [0.15, 0.2) is 30.3 Å². The van der Waals surface area contributed by atoms with E-state index in [1.807, 2.05) is 6.07 Å². The van der Waals surface area contributed by atoms with Gasteiger partial charge in [0.05, 0.1) is 11.2 Å². The smallest absolute Gasteiger partial charge is 0.0726 e. The number of anilines is 1. The van der Waals surface area contributed by atoms with Crippen LogP contribution in [0.4, 0.5) is 5.69 Å². The van der Waals surface area contributed by atoms with E-state index in [2.05, 4.69) is 53.7 Å². The Kier molecular flexibility index (Phi) is 3.94. The number of nitrogens with zero attached hydrogens (tertiary/aromatic N) is 1. The Labute approximate surface area is 102 Å². The summed E-state index contributed by atoms with van der Waals surface area (Å²) in [5.74, 6) is 0. The van der Waals surface area contributed by atoms with Gasteiger partial charge in [-0.05, 0) is 25.6 Å². The van der Waals surface area contributed by atoms with Crippen LogP contribution in [0.2, 0.25) is 0 Å². The maximum atomic E-state index is 4.65. The lowest BCUT2D eigenvalue weighted by Crippen LogP contribution is -2.13. The maximum Gasteiger partial charge on any atom is 0.0726 e. The molecule has 0 amide bonds. The molecule has 3 heteroatoms. The summed E-state index contributed by atoms with van der Waals surface area (Å²) in [5, 5.41) is 7.90. The van der Waals surface area contributed by atoms with Crippen molar-refractivity contribution in [3.05, 3.63) is 36.0 Å². The van der Waals surface area contributed by atoms with Gasteiger partial charge < -0.3 is 10.6 Å². The fourth-order valence-corrected chi connectivity index (χ4v) is 1.91. The fraction of sp³-hybridized carbons (Fsp3) is 0.357. The Morgan fingerprint density at radius 3 is 2.71 bits per heavy atom. The van der Waals surface area contributed by atoms with Crippen LogP contribution in [0.1, 0.15) is 19.5 Å². The van der Waals surface area contributed by atoms with Crippen molar-refractivity contribution in [2.45, 2.75) is 20.4 Å². The van der Waals surface area contributed by atoms with Crippen LogP contribution >= 0.6 is 0 Å². The minimum atomic E-state index is 0.819. The highest BCUT2D eigenvalue weighted by Gasteiger charge is 2.04. The van der Waals surface area contributed by atoms with E-state index in [1.165, 1.54) is 11.1 Å². The molecule has 0 unspecified atom stereocenters. The molecule has 2 aromatic rings. The third-order valence-corrected chi connectivity index (χ3v) is 2.69. The number of para-hydroxylation sites is 1. The zero-order chi connectivity index (χ0) is 12.1. The molecule has 0 radical (unpaired) electrons. The zero-order valence-corrected chi connectivity index (χ0v) is 10.5. The molecule has 0 aliphatic rings. The summed E-state index contributed by atoms with van der Waals surface area (Å²) in [7, 11) is 0. The predicted octanol–water partition coefficient (Wildman–Crippen LogP) is 2.78. The molecule has 2 N–H and O–H groups in total. The average Bonchev–Trinajstić information content (AvgIpc) is 2.37. The second-order valence-corrected chi connectivity index (χ2v) is 3.99. The van der Waals surface area contributed by atoms with Crippen molar-refractivity contribution in [2.75, 3.05) is 18.4 Å². The van der Waals surface area contributed by atoms with Crippen LogP contribution in [0, 0.1) is 0 Å². The molecule has 1 aromatic heterocycles. The maximum absolute atomic E-state index is 4.65. The quantitative estimate of drug-likeness (QED) is 0.827. The largest absolute Gasteiger partial charge is 0.385 e. The van der Waals surface area contributed by atoms with Gasteiger partial charge >= 0.3 is 0 Å². The summed E-state index contributed by atoms with van der Waals surface area (Å²) in [6.07, 6.45) is 0. The number of rotatable bonds is 5. The van der Waals surface area contributed by atoms with Gasteiger partial charge in [0.1, 0.15) is 0 Å². The number of hydrogen-bond acceptors (Lipinski definition) is 3. The van der Waals surface area contributed by atoms with Crippen molar-refractivity contribution >= 4 is 16.6 Å². The van der Waals surface area contributed by atoms with E-state index in [9.17, 15) is 0 Å². The Bertz CT molecular complexity index is 494. The van der Waals surface area contributed by atoms with E-state index in [0.29, 0.717) is 0 Å². The molecule has 1 heterocycles. The second-order valence-electron chi connectivity index (χ2n) is 3.99. The lowest BCUT2D eigenvalue weighted by atomic mass is 10.1. The number of aromatic nitrogens is 1. The Morgan fingerprint density at radius 2 is 1.94 bits per heavy atom. The van der Waals surface area contributed by atoms with Crippen molar-refractivity contribution in [2.24, 2.45) is 0 Å². The molecular formula is C14H19N3. The average molecular weight is 229 g/mol. The first-order valence-electron chi connectivity index (χ1n) is 6.18. The minimum Gasteiger partial charge on any atom is -0.385 e. The molecule has 0 bridgehead atoms. The molecule has 3 nitrogen and oxygen atoms in total. The Hall–Kier alpha value is -1.61. The van der Waals surface area contributed by atoms with Crippen molar-refractivity contribution in [1.82, 2.24) is 10.3 Å². The van der Waals surface area contributed by atoms with Gasteiger partial charge in [-0.3, -0.25) is 4.98 Å². The van der Waals surface area contributed by atoms with Gasteiger partial charge in [-0.15, -0.1) is 0 Å². The second kappa shape index (κ2) is 5.64. The van der Waals surface area contributed by atoms with E-state index >= 15 is 0 Å². The normalized spacial score (nSPS) is 10.7. The van der Waals surface area contributed by atoms with Gasteiger partial charge in [-0.1, -0.05) is 25.1 Å². The predicted molar refractivity (Wildman–Crippen MR) is 73.3 cm³/mol. The summed E-state index contributed by atoms with van der Waals surface area (Å²) >= 11 is 0. The lowest BCUT2D eigenvalue weighted by molar-refractivity contribution is 0.713. The van der Waals surface area contributed by atoms with E-state index in [4.69, 9.17) is 0 Å². The third-order valence-electron chi connectivity index (χ3n) is 2.69. The van der Waals surface area contributed by atoms with Crippen LogP contribution < -0.4 is 10.6 Å². The Morgan fingerprint density at radius 1 is 1.12 bits per heavy atom. The number of fused-ring (bicyclic) bond motifs is 1. The lowest BCUT2D eigenvalue weighted by Gasteiger charge is -2.10. The highest BCUT2D eigenvalue weighted by Crippen LogP contribution is 2.22. The SMILES string of the molecule is CCNCc1cc(NCC)c2ccccc2n1. The first-order valence-corrected chi connectivity index (χ1v) is 6.18. The van der Waals surface area contributed by atoms with Crippen LogP contribution in [0.5, 0.6) is 0 Å². The van der Waals surface area contributed by atoms with E-state index in [-0.39, 0.29) is 0 Å². The minimum absolute atomic E-state index is 0.819. The molecule has 1 aromatic carbocycles. The van der Waals surface area contributed by atoms with Crippen molar-refractivity contribution < 1.29 is 0 Å². The molecule has 90 valence electrons. The molecule has 0 aliphatic heterocycles. The van der Waals surface area contributed by atoms with Crippen LogP contribution in [-0.4, -0.2) is 18.1 Å². The van der Waals surface area contributed by atoms with Gasteiger partial charge in [-0.2, -0.15) is 0 Å². The van der Waals surface area contributed by atoms with E-state index < -0.39 is 0 Å². The number of pyridine rings is 1. The summed E-state index contributed by atoms with van der Waals surface area (Å²) in [4.78, 5) is 4.65. The molecule has 0 atom stereocenters. The van der Waals surface area contributed by atoms with Gasteiger partial charge in [0.2, 0.25) is 0 Å². The summed E-state index contributed by atoms with van der Waals surface area (Å²) < 4.78 is 0. The zero-order valence-electron chi connectivity index (χ0n) is 10.5. The first kappa shape index (κ1) is 11.9. The molecular weight excluding hydrogens is 210 g/mol. The molecule has 0 spiro atoms. The van der Waals surface area contributed by atoms with E-state index in [1.54, 1.807) is 0 Å². The molecule has 0 aliphatic carbocycles. The topological polar surface area (TPSA) is 37.0 Å². The van der Waals surface area contributed by atoms with Gasteiger partial charge in [0, 0.05) is 24.2 Å². The van der Waals surface area contributed by atoms with Crippen LogP contribution in [0.25, 0.3) is 10.9 Å². The van der Waals surface area contributed by atoms with E-state index in [0.717, 1.165) is 30.8 Å². The Balaban J connectivity index is 2.43. The number of benzene rings is 1. The molecule has 0 saturated heterocycles. The summed E-state index contributed by atoms with van der Waals surface area (Å²) in [6, 6.07) is 10.4. The highest BCUT2D eigenvalue weighted by molar-refractivity contribution is 5.91. The molecule has 0 saturated carbocycles. The van der Waals surface area contributed by atoms with Crippen molar-refractivity contribution in [3.63, 3.8) is 0 Å².